The predicted molar refractivity (Wildman–Crippen MR) is 119 cm³/mol. The first-order valence-electron chi connectivity index (χ1n) is 11.3. The second kappa shape index (κ2) is 8.24. The molecule has 2 aliphatic rings. The van der Waals surface area contributed by atoms with Crippen LogP contribution in [0.1, 0.15) is 45.4 Å². The molecule has 1 spiro atoms. The summed E-state index contributed by atoms with van der Waals surface area (Å²) in [6.45, 7) is 2.05. The Morgan fingerprint density at radius 1 is 1.30 bits per heavy atom. The van der Waals surface area contributed by atoms with Crippen LogP contribution in [0.3, 0.4) is 0 Å². The zero-order valence-electron chi connectivity index (χ0n) is 18.6. The van der Waals surface area contributed by atoms with E-state index in [0.29, 0.717) is 23.0 Å². The zero-order chi connectivity index (χ0) is 23.2. The van der Waals surface area contributed by atoms with Crippen molar-refractivity contribution in [1.82, 2.24) is 24.8 Å². The number of carbonyl (C=O) groups excluding carboxylic acids is 1. The highest BCUT2D eigenvalue weighted by atomic mass is 19.1. The molecule has 3 aromatic rings. The van der Waals surface area contributed by atoms with Crippen molar-refractivity contribution in [2.45, 2.75) is 63.1 Å². The van der Waals surface area contributed by atoms with Gasteiger partial charge in [0.1, 0.15) is 17.1 Å². The minimum Gasteiger partial charge on any atom is -0.441 e. The Hall–Kier alpha value is -3.30. The average Bonchev–Trinajstić information content (AvgIpc) is 3.22. The number of fused-ring (bicyclic) bond motifs is 1. The minimum absolute atomic E-state index is 0.0215. The average molecular weight is 456 g/mol. The maximum atomic E-state index is 14.7. The van der Waals surface area contributed by atoms with E-state index in [9.17, 15) is 13.6 Å². The van der Waals surface area contributed by atoms with Gasteiger partial charge in [0.05, 0.1) is 18.4 Å². The van der Waals surface area contributed by atoms with Crippen molar-refractivity contribution in [1.29, 1.82) is 0 Å². The van der Waals surface area contributed by atoms with Gasteiger partial charge in [0.25, 0.3) is 0 Å². The van der Waals surface area contributed by atoms with Crippen molar-refractivity contribution in [2.75, 3.05) is 12.4 Å². The number of ether oxygens (including phenoxy) is 1. The number of aromatic amines is 1. The van der Waals surface area contributed by atoms with Crippen LogP contribution in [0.25, 0.3) is 22.4 Å². The number of rotatable bonds is 4. The summed E-state index contributed by atoms with van der Waals surface area (Å²) in [6.07, 6.45) is 8.37. The molecule has 1 aliphatic heterocycles. The Labute approximate surface area is 189 Å². The van der Waals surface area contributed by atoms with E-state index in [0.717, 1.165) is 44.5 Å². The van der Waals surface area contributed by atoms with Gasteiger partial charge in [-0.05, 0) is 31.7 Å². The van der Waals surface area contributed by atoms with E-state index in [1.165, 1.54) is 6.07 Å². The summed E-state index contributed by atoms with van der Waals surface area (Å²) in [5.41, 5.74) is 0.438. The number of H-pyrrole nitrogens is 1. The van der Waals surface area contributed by atoms with Gasteiger partial charge >= 0.3 is 6.09 Å². The van der Waals surface area contributed by atoms with Gasteiger partial charge in [0.15, 0.2) is 17.5 Å². The van der Waals surface area contributed by atoms with Crippen LogP contribution in [0.15, 0.2) is 24.7 Å². The molecule has 5 rings (SSSR count). The Kier molecular flexibility index (Phi) is 5.38. The van der Waals surface area contributed by atoms with Crippen LogP contribution < -0.4 is 5.32 Å². The van der Waals surface area contributed by atoms with Crippen molar-refractivity contribution in [2.24, 2.45) is 0 Å². The first-order valence-corrected chi connectivity index (χ1v) is 11.3. The van der Waals surface area contributed by atoms with E-state index in [1.807, 2.05) is 6.92 Å². The fraction of sp³-hybridized carbons (Fsp3) is 0.478. The highest BCUT2D eigenvalue weighted by molar-refractivity contribution is 5.91. The van der Waals surface area contributed by atoms with Crippen LogP contribution in [-0.4, -0.2) is 55.7 Å². The van der Waals surface area contributed by atoms with Crippen LogP contribution in [0.2, 0.25) is 0 Å². The van der Waals surface area contributed by atoms with E-state index in [-0.39, 0.29) is 29.8 Å². The van der Waals surface area contributed by atoms with Gasteiger partial charge in [0, 0.05) is 36.7 Å². The Bertz CT molecular complexity index is 1200. The molecule has 3 atom stereocenters. The number of hydrogen-bond acceptors (Lipinski definition) is 6. The molecule has 2 N–H and O–H groups in total. The molecule has 174 valence electrons. The number of aromatic nitrogens is 4. The molecular formula is C23H26F2N6O2. The molecule has 1 amide bonds. The van der Waals surface area contributed by atoms with Gasteiger partial charge < -0.3 is 19.9 Å². The summed E-state index contributed by atoms with van der Waals surface area (Å²) >= 11 is 0. The SMILES string of the molecule is CC[C@H]1N(C)C(=O)O[C@]12CCCC[C@H](Nc1nc(-c3c[nH]c4ncc(F)cc34)ncc1F)C2. The number of anilines is 1. The molecule has 3 aromatic heterocycles. The molecule has 10 heteroatoms. The smallest absolute Gasteiger partial charge is 0.410 e. The third-order valence-corrected chi connectivity index (χ3v) is 6.86. The van der Waals surface area contributed by atoms with Crippen molar-refractivity contribution < 1.29 is 18.3 Å². The summed E-state index contributed by atoms with van der Waals surface area (Å²) in [4.78, 5) is 29.5. The molecule has 0 radical (unpaired) electrons. The minimum atomic E-state index is -0.596. The maximum Gasteiger partial charge on any atom is 0.410 e. The van der Waals surface area contributed by atoms with E-state index in [1.54, 1.807) is 18.1 Å². The molecule has 0 bridgehead atoms. The van der Waals surface area contributed by atoms with Crippen molar-refractivity contribution in [3.05, 3.63) is 36.3 Å². The molecule has 1 saturated carbocycles. The number of nitrogens with zero attached hydrogens (tertiary/aromatic N) is 4. The molecule has 1 aliphatic carbocycles. The fourth-order valence-corrected chi connectivity index (χ4v) is 5.35. The first-order chi connectivity index (χ1) is 15.9. The highest BCUT2D eigenvalue weighted by Crippen LogP contribution is 2.42. The molecular weight excluding hydrogens is 430 g/mol. The van der Waals surface area contributed by atoms with Gasteiger partial charge in [-0.25, -0.2) is 28.5 Å². The zero-order valence-corrected chi connectivity index (χ0v) is 18.6. The van der Waals surface area contributed by atoms with E-state index >= 15 is 0 Å². The topological polar surface area (TPSA) is 96.0 Å². The number of hydrogen-bond donors (Lipinski definition) is 2. The lowest BCUT2D eigenvalue weighted by Crippen LogP contribution is -2.46. The summed E-state index contributed by atoms with van der Waals surface area (Å²) in [5.74, 6) is -0.714. The molecule has 8 nitrogen and oxygen atoms in total. The van der Waals surface area contributed by atoms with Crippen molar-refractivity contribution >= 4 is 22.9 Å². The summed E-state index contributed by atoms with van der Waals surface area (Å²) in [7, 11) is 1.77. The standard InChI is InChI=1S/C23H26F2N6O2/c1-3-18-23(33-22(32)31(18)2)7-5-4-6-14(9-23)29-21-17(25)12-28-20(30-21)16-11-27-19-15(16)8-13(24)10-26-19/h8,10-12,14,18H,3-7,9H2,1-2H3,(H,26,27)(H,28,29,30)/t14-,18+,23-/m0/s1. The van der Waals surface area contributed by atoms with E-state index in [4.69, 9.17) is 4.74 Å². The quantitative estimate of drug-likeness (QED) is 0.594. The molecule has 2 fully saturated rings. The number of likely N-dealkylation sites (N-methyl/N-ethyl adjacent to an activating group) is 1. The summed E-state index contributed by atoms with van der Waals surface area (Å²) < 4.78 is 34.4. The van der Waals surface area contributed by atoms with Gasteiger partial charge in [-0.2, -0.15) is 0 Å². The predicted octanol–water partition coefficient (Wildman–Crippen LogP) is 4.64. The molecule has 33 heavy (non-hydrogen) atoms. The lowest BCUT2D eigenvalue weighted by molar-refractivity contribution is 0.0179. The largest absolute Gasteiger partial charge is 0.441 e. The van der Waals surface area contributed by atoms with Gasteiger partial charge in [-0.3, -0.25) is 0 Å². The number of pyridine rings is 1. The molecule has 0 aromatic carbocycles. The maximum absolute atomic E-state index is 14.7. The third kappa shape index (κ3) is 3.77. The van der Waals surface area contributed by atoms with Crippen LogP contribution in [0, 0.1) is 11.6 Å². The monoisotopic (exact) mass is 456 g/mol. The van der Waals surface area contributed by atoms with Crippen LogP contribution in [0.4, 0.5) is 19.4 Å². The first kappa shape index (κ1) is 21.5. The summed E-state index contributed by atoms with van der Waals surface area (Å²) in [6, 6.07) is 1.20. The Morgan fingerprint density at radius 3 is 2.97 bits per heavy atom. The second-order valence-corrected chi connectivity index (χ2v) is 8.90. The van der Waals surface area contributed by atoms with Gasteiger partial charge in [0.2, 0.25) is 0 Å². The third-order valence-electron chi connectivity index (χ3n) is 6.86. The van der Waals surface area contributed by atoms with Gasteiger partial charge in [-0.1, -0.05) is 13.3 Å². The van der Waals surface area contributed by atoms with Crippen LogP contribution >= 0.6 is 0 Å². The number of halogens is 2. The summed E-state index contributed by atoms with van der Waals surface area (Å²) in [5, 5.41) is 3.76. The highest BCUT2D eigenvalue weighted by Gasteiger charge is 2.52. The lowest BCUT2D eigenvalue weighted by atomic mass is 9.83. The fourth-order valence-electron chi connectivity index (χ4n) is 5.35. The van der Waals surface area contributed by atoms with E-state index in [2.05, 4.69) is 25.3 Å². The Morgan fingerprint density at radius 2 is 2.15 bits per heavy atom. The Balaban J connectivity index is 1.44. The van der Waals surface area contributed by atoms with Crippen LogP contribution in [-0.2, 0) is 4.74 Å². The lowest BCUT2D eigenvalue weighted by Gasteiger charge is -2.35. The molecule has 1 saturated heterocycles. The van der Waals surface area contributed by atoms with Gasteiger partial charge in [-0.15, -0.1) is 0 Å². The number of nitrogens with one attached hydrogen (secondary N) is 2. The molecule has 4 heterocycles. The van der Waals surface area contributed by atoms with Crippen molar-refractivity contribution in [3.8, 4) is 11.4 Å². The molecule has 0 unspecified atom stereocenters. The van der Waals surface area contributed by atoms with Crippen molar-refractivity contribution in [3.63, 3.8) is 0 Å². The van der Waals surface area contributed by atoms with E-state index < -0.39 is 17.2 Å². The number of amides is 1. The number of carbonyl (C=O) groups is 1. The second-order valence-electron chi connectivity index (χ2n) is 8.90. The normalized spacial score (nSPS) is 25.5. The van der Waals surface area contributed by atoms with Crippen LogP contribution in [0.5, 0.6) is 0 Å².